The van der Waals surface area contributed by atoms with Gasteiger partial charge in [-0.15, -0.1) is 0 Å². The summed E-state index contributed by atoms with van der Waals surface area (Å²) in [7, 11) is -3.38. The molecule has 200 valence electrons. The average Bonchev–Trinajstić information content (AvgIpc) is 3.29. The number of hydrogen-bond acceptors (Lipinski definition) is 4. The molecule has 2 aromatic rings. The van der Waals surface area contributed by atoms with Gasteiger partial charge in [-0.05, 0) is 48.2 Å². The number of nitrogens with zero attached hydrogens (tertiary/aromatic N) is 3. The Morgan fingerprint density at radius 2 is 1.78 bits per heavy atom. The van der Waals surface area contributed by atoms with Gasteiger partial charge in [-0.3, -0.25) is 5.01 Å². The normalized spacial score (nSPS) is 19.7. The number of alkyl halides is 5. The zero-order chi connectivity index (χ0) is 27.2. The second-order valence-corrected chi connectivity index (χ2v) is 10.9. The Morgan fingerprint density at radius 3 is 2.38 bits per heavy atom. The monoisotopic (exact) mass is 549 g/mol. The molecule has 0 N–H and O–H groups in total. The van der Waals surface area contributed by atoms with Gasteiger partial charge in [0, 0.05) is 25.6 Å². The molecule has 0 spiro atoms. The third kappa shape index (κ3) is 5.24. The maximum absolute atomic E-state index is 14.6. The van der Waals surface area contributed by atoms with E-state index < -0.39 is 57.6 Å². The highest BCUT2D eigenvalue weighted by Crippen LogP contribution is 2.45. The fourth-order valence-corrected chi connectivity index (χ4v) is 5.34. The largest absolute Gasteiger partial charge is 0.459 e. The van der Waals surface area contributed by atoms with Gasteiger partial charge < -0.3 is 0 Å². The molecule has 0 bridgehead atoms. The van der Waals surface area contributed by atoms with Crippen molar-refractivity contribution in [3.8, 4) is 0 Å². The summed E-state index contributed by atoms with van der Waals surface area (Å²) in [5.41, 5.74) is -0.286. The summed E-state index contributed by atoms with van der Waals surface area (Å²) < 4.78 is 121. The minimum atomic E-state index is -5.91. The fourth-order valence-electron chi connectivity index (χ4n) is 4.31. The third-order valence-corrected chi connectivity index (χ3v) is 8.21. The van der Waals surface area contributed by atoms with Crippen LogP contribution in [0.5, 0.6) is 0 Å². The first-order valence-electron chi connectivity index (χ1n) is 11.3. The van der Waals surface area contributed by atoms with Gasteiger partial charge in [0.1, 0.15) is 11.5 Å². The van der Waals surface area contributed by atoms with Crippen molar-refractivity contribution in [2.24, 2.45) is 5.10 Å². The Labute approximate surface area is 208 Å². The first kappa shape index (κ1) is 27.1. The first-order valence-corrected chi connectivity index (χ1v) is 12.9. The van der Waals surface area contributed by atoms with Crippen molar-refractivity contribution in [2.75, 3.05) is 23.9 Å². The van der Waals surface area contributed by atoms with E-state index in [2.05, 4.69) is 5.10 Å². The van der Waals surface area contributed by atoms with Crippen LogP contribution in [0.2, 0.25) is 0 Å². The molecule has 1 atom stereocenters. The number of halogens is 7. The number of sulfonamides is 1. The molecule has 0 saturated heterocycles. The predicted molar refractivity (Wildman–Crippen MR) is 125 cm³/mol. The smallest absolute Gasteiger partial charge is 0.255 e. The van der Waals surface area contributed by atoms with Crippen molar-refractivity contribution in [3.05, 3.63) is 71.3 Å². The van der Waals surface area contributed by atoms with Crippen LogP contribution < -0.4 is 5.01 Å². The van der Waals surface area contributed by atoms with Crippen molar-refractivity contribution in [3.63, 3.8) is 0 Å². The number of hydrogen-bond donors (Lipinski definition) is 0. The van der Waals surface area contributed by atoms with Crippen LogP contribution in [0.1, 0.15) is 36.9 Å². The van der Waals surface area contributed by atoms with Gasteiger partial charge in [0.25, 0.3) is 0 Å². The summed E-state index contributed by atoms with van der Waals surface area (Å²) >= 11 is 0. The molecule has 2 aliphatic rings. The topological polar surface area (TPSA) is 53.0 Å². The highest BCUT2D eigenvalue weighted by molar-refractivity contribution is 7.89. The van der Waals surface area contributed by atoms with Crippen LogP contribution in [0.4, 0.5) is 36.4 Å². The molecule has 2 aliphatic heterocycles. The SMILES string of the molecule is CCS(=O)(=O)N1CC=C(c2cccc(C3CC(C(F)(F)C(F)(F)F)=NN3c3ccc(F)cc3F)c2)CC1. The van der Waals surface area contributed by atoms with Crippen LogP contribution >= 0.6 is 0 Å². The van der Waals surface area contributed by atoms with Gasteiger partial charge in [-0.25, -0.2) is 17.2 Å². The zero-order valence-corrected chi connectivity index (χ0v) is 20.3. The Morgan fingerprint density at radius 1 is 1.05 bits per heavy atom. The van der Waals surface area contributed by atoms with E-state index in [1.807, 2.05) is 0 Å². The second-order valence-electron chi connectivity index (χ2n) is 8.64. The lowest BCUT2D eigenvalue weighted by molar-refractivity contribution is -0.249. The third-order valence-electron chi connectivity index (χ3n) is 6.36. The van der Waals surface area contributed by atoms with E-state index in [4.69, 9.17) is 0 Å². The van der Waals surface area contributed by atoms with Crippen LogP contribution in [0.15, 0.2) is 53.6 Å². The molecule has 2 aromatic carbocycles. The van der Waals surface area contributed by atoms with Gasteiger partial charge in [-0.2, -0.15) is 31.4 Å². The molecular formula is C24H22F7N3O2S. The van der Waals surface area contributed by atoms with Crippen molar-refractivity contribution in [1.82, 2.24) is 4.31 Å². The summed E-state index contributed by atoms with van der Waals surface area (Å²) in [5.74, 6) is -7.43. The maximum atomic E-state index is 14.6. The Balaban J connectivity index is 1.71. The predicted octanol–water partition coefficient (Wildman–Crippen LogP) is 5.91. The molecule has 0 aliphatic carbocycles. The van der Waals surface area contributed by atoms with E-state index in [1.165, 1.54) is 17.3 Å². The average molecular weight is 550 g/mol. The van der Waals surface area contributed by atoms with Crippen LogP contribution in [0, 0.1) is 11.6 Å². The number of rotatable bonds is 6. The van der Waals surface area contributed by atoms with Crippen LogP contribution in [-0.4, -0.2) is 49.4 Å². The molecule has 0 saturated carbocycles. The van der Waals surface area contributed by atoms with Crippen molar-refractivity contribution in [1.29, 1.82) is 0 Å². The van der Waals surface area contributed by atoms with Crippen molar-refractivity contribution in [2.45, 2.75) is 37.9 Å². The summed E-state index contributed by atoms with van der Waals surface area (Å²) in [5, 5.41) is 4.18. The van der Waals surface area contributed by atoms with E-state index in [9.17, 15) is 39.2 Å². The van der Waals surface area contributed by atoms with Gasteiger partial charge in [-0.1, -0.05) is 24.3 Å². The molecule has 0 fully saturated rings. The molecule has 0 amide bonds. The van der Waals surface area contributed by atoms with Gasteiger partial charge in [0.2, 0.25) is 10.0 Å². The van der Waals surface area contributed by atoms with Gasteiger partial charge in [0.15, 0.2) is 5.82 Å². The van der Waals surface area contributed by atoms with Crippen LogP contribution in [0.25, 0.3) is 5.57 Å². The molecule has 0 aromatic heterocycles. The molecule has 1 unspecified atom stereocenters. The zero-order valence-electron chi connectivity index (χ0n) is 19.4. The Bertz CT molecular complexity index is 1360. The van der Waals surface area contributed by atoms with Crippen molar-refractivity contribution < 1.29 is 39.2 Å². The van der Waals surface area contributed by atoms with E-state index in [1.54, 1.807) is 24.3 Å². The molecule has 4 rings (SSSR count). The van der Waals surface area contributed by atoms with Gasteiger partial charge >= 0.3 is 12.1 Å². The summed E-state index contributed by atoms with van der Waals surface area (Å²) in [6.45, 7) is 1.90. The lowest BCUT2D eigenvalue weighted by Gasteiger charge is -2.27. The van der Waals surface area contributed by atoms with E-state index in [0.29, 0.717) is 23.1 Å². The van der Waals surface area contributed by atoms with Crippen LogP contribution in [-0.2, 0) is 10.0 Å². The quantitative estimate of drug-likeness (QED) is 0.421. The summed E-state index contributed by atoms with van der Waals surface area (Å²) in [6, 6.07) is 7.35. The molecule has 5 nitrogen and oxygen atoms in total. The van der Waals surface area contributed by atoms with Crippen molar-refractivity contribution >= 4 is 27.0 Å². The van der Waals surface area contributed by atoms with E-state index >= 15 is 0 Å². The minimum Gasteiger partial charge on any atom is -0.255 e. The fraction of sp³-hybridized carbons (Fsp3) is 0.375. The van der Waals surface area contributed by atoms with Gasteiger partial charge in [0.05, 0.1) is 17.5 Å². The highest BCUT2D eigenvalue weighted by atomic mass is 32.2. The van der Waals surface area contributed by atoms with E-state index in [-0.39, 0.29) is 24.4 Å². The molecule has 2 heterocycles. The second kappa shape index (κ2) is 9.75. The Kier molecular flexibility index (Phi) is 7.14. The molecular weight excluding hydrogens is 527 g/mol. The summed E-state index contributed by atoms with van der Waals surface area (Å²) in [6.07, 6.45) is -4.69. The summed E-state index contributed by atoms with van der Waals surface area (Å²) in [4.78, 5) is 0. The number of hydrazone groups is 1. The maximum Gasteiger partial charge on any atom is 0.459 e. The highest BCUT2D eigenvalue weighted by Gasteiger charge is 2.63. The lowest BCUT2D eigenvalue weighted by atomic mass is 9.93. The molecule has 37 heavy (non-hydrogen) atoms. The number of benzene rings is 2. The molecule has 0 radical (unpaired) electrons. The molecule has 13 heteroatoms. The number of anilines is 1. The lowest BCUT2D eigenvalue weighted by Crippen LogP contribution is -2.43. The first-order chi connectivity index (χ1) is 17.2. The van der Waals surface area contributed by atoms with Crippen LogP contribution in [0.3, 0.4) is 0 Å². The Hall–Kier alpha value is -2.93. The van der Waals surface area contributed by atoms with E-state index in [0.717, 1.165) is 17.7 Å². The minimum absolute atomic E-state index is 0.0476. The standard InChI is InChI=1S/C24H22F7N3O2S/c1-2-37(35,36)33-10-8-15(9-11-33)16-4-3-5-17(12-16)21-14-22(23(27,28)24(29,30)31)32-34(21)20-7-6-18(25)13-19(20)26/h3-8,12-13,21H,2,9-11,14H2,1H3.